The highest BCUT2D eigenvalue weighted by Gasteiger charge is 2.22. The molecule has 6 nitrogen and oxygen atoms in total. The van der Waals surface area contributed by atoms with Crippen LogP contribution < -0.4 is 19.7 Å². The van der Waals surface area contributed by atoms with Crippen molar-refractivity contribution in [2.45, 2.75) is 27.7 Å². The molecule has 6 heteroatoms. The van der Waals surface area contributed by atoms with Crippen molar-refractivity contribution in [3.63, 3.8) is 0 Å². The number of nitrogens with zero attached hydrogens (tertiary/aromatic N) is 1. The van der Waals surface area contributed by atoms with Crippen molar-refractivity contribution in [1.82, 2.24) is 5.32 Å². The standard InChI is InChI=1S/C17H26N2O4/c1-12(20)19(10-9-18-16(21)17(2,3)4)14-11-13(22-5)7-8-15(14)23-6/h7-8,11H,9-10H2,1-6H3,(H,18,21). The van der Waals surface area contributed by atoms with E-state index in [2.05, 4.69) is 5.32 Å². The SMILES string of the molecule is COc1ccc(OC)c(N(CCNC(=O)C(C)(C)C)C(C)=O)c1. The quantitative estimate of drug-likeness (QED) is 0.872. The third-order valence-electron chi connectivity index (χ3n) is 3.36. The first-order valence-electron chi connectivity index (χ1n) is 7.49. The first kappa shape index (κ1) is 18.8. The van der Waals surface area contributed by atoms with Gasteiger partial charge in [0.25, 0.3) is 0 Å². The number of anilines is 1. The van der Waals surface area contributed by atoms with Crippen molar-refractivity contribution in [2.75, 3.05) is 32.2 Å². The molecule has 0 unspecified atom stereocenters. The summed E-state index contributed by atoms with van der Waals surface area (Å²) in [5, 5.41) is 2.84. The Labute approximate surface area is 137 Å². The fourth-order valence-electron chi connectivity index (χ4n) is 2.00. The van der Waals surface area contributed by atoms with Crippen LogP contribution in [0.4, 0.5) is 5.69 Å². The molecule has 0 aliphatic heterocycles. The molecule has 0 aliphatic rings. The van der Waals surface area contributed by atoms with Crippen molar-refractivity contribution >= 4 is 17.5 Å². The average molecular weight is 322 g/mol. The molecule has 1 aromatic rings. The summed E-state index contributed by atoms with van der Waals surface area (Å²) in [7, 11) is 3.11. The van der Waals surface area contributed by atoms with Gasteiger partial charge < -0.3 is 19.7 Å². The fraction of sp³-hybridized carbons (Fsp3) is 0.529. The van der Waals surface area contributed by atoms with Crippen LogP contribution in [0.2, 0.25) is 0 Å². The minimum atomic E-state index is -0.464. The predicted octanol–water partition coefficient (Wildman–Crippen LogP) is 2.22. The van der Waals surface area contributed by atoms with E-state index in [1.165, 1.54) is 6.92 Å². The molecule has 0 atom stereocenters. The first-order chi connectivity index (χ1) is 10.7. The Morgan fingerprint density at radius 1 is 1.17 bits per heavy atom. The second-order valence-electron chi connectivity index (χ2n) is 6.21. The number of nitrogens with one attached hydrogen (secondary N) is 1. The molecule has 0 saturated carbocycles. The van der Waals surface area contributed by atoms with Crippen LogP contribution in [0.15, 0.2) is 18.2 Å². The van der Waals surface area contributed by atoms with Crippen LogP contribution in [0.5, 0.6) is 11.5 Å². The second kappa shape index (κ2) is 7.85. The lowest BCUT2D eigenvalue weighted by molar-refractivity contribution is -0.128. The number of ether oxygens (including phenoxy) is 2. The minimum absolute atomic E-state index is 0.0568. The van der Waals surface area contributed by atoms with Gasteiger partial charge in [-0.15, -0.1) is 0 Å². The summed E-state index contributed by atoms with van der Waals surface area (Å²) >= 11 is 0. The summed E-state index contributed by atoms with van der Waals surface area (Å²) in [5.74, 6) is 1.01. The van der Waals surface area contributed by atoms with E-state index >= 15 is 0 Å². The van der Waals surface area contributed by atoms with Crippen molar-refractivity contribution in [3.05, 3.63) is 18.2 Å². The zero-order valence-electron chi connectivity index (χ0n) is 14.7. The molecule has 1 N–H and O–H groups in total. The van der Waals surface area contributed by atoms with E-state index in [4.69, 9.17) is 9.47 Å². The van der Waals surface area contributed by atoms with E-state index in [0.717, 1.165) is 0 Å². The van der Waals surface area contributed by atoms with Gasteiger partial charge in [0.2, 0.25) is 11.8 Å². The highest BCUT2D eigenvalue weighted by molar-refractivity contribution is 5.93. The van der Waals surface area contributed by atoms with Gasteiger partial charge in [-0.2, -0.15) is 0 Å². The average Bonchev–Trinajstić information content (AvgIpc) is 2.49. The monoisotopic (exact) mass is 322 g/mol. The van der Waals surface area contributed by atoms with Crippen molar-refractivity contribution in [1.29, 1.82) is 0 Å². The van der Waals surface area contributed by atoms with Gasteiger partial charge in [-0.1, -0.05) is 20.8 Å². The molecule has 0 aliphatic carbocycles. The van der Waals surface area contributed by atoms with E-state index in [0.29, 0.717) is 30.3 Å². The highest BCUT2D eigenvalue weighted by Crippen LogP contribution is 2.32. The van der Waals surface area contributed by atoms with Gasteiger partial charge in [-0.3, -0.25) is 9.59 Å². The predicted molar refractivity (Wildman–Crippen MR) is 90.0 cm³/mol. The molecule has 0 saturated heterocycles. The summed E-state index contributed by atoms with van der Waals surface area (Å²) in [6.07, 6.45) is 0. The number of methoxy groups -OCH3 is 2. The Hall–Kier alpha value is -2.24. The number of amides is 2. The molecule has 2 amide bonds. The number of carbonyl (C=O) groups is 2. The molecular weight excluding hydrogens is 296 g/mol. The second-order valence-corrected chi connectivity index (χ2v) is 6.21. The lowest BCUT2D eigenvalue weighted by Gasteiger charge is -2.25. The van der Waals surface area contributed by atoms with E-state index in [9.17, 15) is 9.59 Å². The van der Waals surface area contributed by atoms with Crippen molar-refractivity contribution in [3.8, 4) is 11.5 Å². The normalized spacial score (nSPS) is 10.9. The number of rotatable bonds is 6. The molecule has 128 valence electrons. The van der Waals surface area contributed by atoms with Crippen LogP contribution in [-0.4, -0.2) is 39.1 Å². The molecule has 1 aromatic carbocycles. The minimum Gasteiger partial charge on any atom is -0.497 e. The maximum atomic E-state index is 12.0. The Morgan fingerprint density at radius 3 is 2.30 bits per heavy atom. The topological polar surface area (TPSA) is 67.9 Å². The van der Waals surface area contributed by atoms with Gasteiger partial charge in [-0.25, -0.2) is 0 Å². The molecular formula is C17H26N2O4. The maximum Gasteiger partial charge on any atom is 0.225 e. The van der Waals surface area contributed by atoms with Gasteiger partial charge >= 0.3 is 0 Å². The lowest BCUT2D eigenvalue weighted by atomic mass is 9.96. The van der Waals surface area contributed by atoms with Crippen LogP contribution in [0.3, 0.4) is 0 Å². The molecule has 0 bridgehead atoms. The zero-order chi connectivity index (χ0) is 17.6. The van der Waals surface area contributed by atoms with Crippen molar-refractivity contribution < 1.29 is 19.1 Å². The van der Waals surface area contributed by atoms with Crippen LogP contribution >= 0.6 is 0 Å². The summed E-state index contributed by atoms with van der Waals surface area (Å²) < 4.78 is 10.5. The largest absolute Gasteiger partial charge is 0.497 e. The number of benzene rings is 1. The Morgan fingerprint density at radius 2 is 1.83 bits per heavy atom. The third kappa shape index (κ3) is 5.16. The van der Waals surface area contributed by atoms with Gasteiger partial charge in [0.15, 0.2) is 0 Å². The fourth-order valence-corrected chi connectivity index (χ4v) is 2.00. The van der Waals surface area contributed by atoms with E-state index in [1.54, 1.807) is 37.3 Å². The molecule has 0 fully saturated rings. The highest BCUT2D eigenvalue weighted by atomic mass is 16.5. The molecule has 0 heterocycles. The van der Waals surface area contributed by atoms with Crippen molar-refractivity contribution in [2.24, 2.45) is 5.41 Å². The van der Waals surface area contributed by atoms with E-state index < -0.39 is 5.41 Å². The molecule has 1 rings (SSSR count). The lowest BCUT2D eigenvalue weighted by Crippen LogP contribution is -2.41. The van der Waals surface area contributed by atoms with Gasteiger partial charge in [0.1, 0.15) is 11.5 Å². The smallest absolute Gasteiger partial charge is 0.225 e. The van der Waals surface area contributed by atoms with E-state index in [-0.39, 0.29) is 11.8 Å². The Bertz CT molecular complexity index is 564. The number of carbonyl (C=O) groups excluding carboxylic acids is 2. The molecule has 0 radical (unpaired) electrons. The number of hydrogen-bond donors (Lipinski definition) is 1. The Balaban J connectivity index is 2.91. The molecule has 0 spiro atoms. The molecule has 0 aromatic heterocycles. The number of hydrogen-bond acceptors (Lipinski definition) is 4. The third-order valence-corrected chi connectivity index (χ3v) is 3.36. The summed E-state index contributed by atoms with van der Waals surface area (Å²) in [6, 6.07) is 5.26. The summed E-state index contributed by atoms with van der Waals surface area (Å²) in [6.45, 7) is 7.71. The van der Waals surface area contributed by atoms with Crippen LogP contribution in [0.25, 0.3) is 0 Å². The molecule has 23 heavy (non-hydrogen) atoms. The van der Waals surface area contributed by atoms with Gasteiger partial charge in [-0.05, 0) is 12.1 Å². The summed E-state index contributed by atoms with van der Waals surface area (Å²) in [5.41, 5.74) is 0.152. The van der Waals surface area contributed by atoms with E-state index in [1.807, 2.05) is 20.8 Å². The zero-order valence-corrected chi connectivity index (χ0v) is 14.7. The summed E-state index contributed by atoms with van der Waals surface area (Å²) in [4.78, 5) is 25.5. The van der Waals surface area contributed by atoms with Crippen LogP contribution in [0.1, 0.15) is 27.7 Å². The Kier molecular flexibility index (Phi) is 6.42. The van der Waals surface area contributed by atoms with Crippen LogP contribution in [0, 0.1) is 5.41 Å². The van der Waals surface area contributed by atoms with Crippen LogP contribution in [-0.2, 0) is 9.59 Å². The van der Waals surface area contributed by atoms with Gasteiger partial charge in [0.05, 0.1) is 19.9 Å². The van der Waals surface area contributed by atoms with Gasteiger partial charge in [0, 0.05) is 31.5 Å². The maximum absolute atomic E-state index is 12.0. The first-order valence-corrected chi connectivity index (χ1v) is 7.49.